The zero-order valence-corrected chi connectivity index (χ0v) is 11.4. The molecule has 0 amide bonds. The highest BCUT2D eigenvalue weighted by molar-refractivity contribution is 6.35. The van der Waals surface area contributed by atoms with Crippen LogP contribution in [0.2, 0.25) is 5.02 Å². The average molecular weight is 308 g/mol. The van der Waals surface area contributed by atoms with Crippen LogP contribution in [0.5, 0.6) is 0 Å². The molecule has 0 aliphatic rings. The Bertz CT molecular complexity index is 812. The van der Waals surface area contributed by atoms with Gasteiger partial charge in [0.2, 0.25) is 0 Å². The maximum Gasteiger partial charge on any atom is 0.417 e. The zero-order chi connectivity index (χ0) is 15.0. The van der Waals surface area contributed by atoms with Crippen molar-refractivity contribution in [1.82, 2.24) is 4.98 Å². The van der Waals surface area contributed by atoms with Gasteiger partial charge in [0.15, 0.2) is 0 Å². The molecule has 0 N–H and O–H groups in total. The number of aromatic nitrogens is 1. The summed E-state index contributed by atoms with van der Waals surface area (Å²) >= 11 is 6.04. The molecule has 0 atom stereocenters. The number of alkyl halides is 3. The summed E-state index contributed by atoms with van der Waals surface area (Å²) in [5, 5.41) is 1.24. The Balaban J connectivity index is 2.22. The summed E-state index contributed by atoms with van der Waals surface area (Å²) < 4.78 is 39.2. The van der Waals surface area contributed by atoms with Crippen LogP contribution in [-0.4, -0.2) is 4.98 Å². The van der Waals surface area contributed by atoms with E-state index in [-0.39, 0.29) is 5.56 Å². The Labute approximate surface area is 124 Å². The Kier molecular flexibility index (Phi) is 3.33. The second kappa shape index (κ2) is 5.04. The quantitative estimate of drug-likeness (QED) is 0.572. The predicted octanol–water partition coefficient (Wildman–Crippen LogP) is 5.57. The lowest BCUT2D eigenvalue weighted by Gasteiger charge is -2.13. The first-order valence-corrected chi connectivity index (χ1v) is 6.55. The van der Waals surface area contributed by atoms with Crippen LogP contribution in [-0.2, 0) is 6.18 Å². The van der Waals surface area contributed by atoms with Crippen molar-refractivity contribution in [3.05, 3.63) is 65.3 Å². The Morgan fingerprint density at radius 1 is 0.952 bits per heavy atom. The highest BCUT2D eigenvalue weighted by atomic mass is 35.5. The lowest BCUT2D eigenvalue weighted by atomic mass is 9.98. The van der Waals surface area contributed by atoms with E-state index < -0.39 is 11.7 Å². The molecule has 1 heterocycles. The van der Waals surface area contributed by atoms with Gasteiger partial charge in [0.25, 0.3) is 0 Å². The molecule has 0 unspecified atom stereocenters. The van der Waals surface area contributed by atoms with Gasteiger partial charge < -0.3 is 0 Å². The van der Waals surface area contributed by atoms with Gasteiger partial charge in [-0.3, -0.25) is 4.98 Å². The summed E-state index contributed by atoms with van der Waals surface area (Å²) in [4.78, 5) is 4.15. The highest BCUT2D eigenvalue weighted by Crippen LogP contribution is 2.37. The third-order valence-electron chi connectivity index (χ3n) is 3.23. The molecule has 3 aromatic rings. The van der Waals surface area contributed by atoms with Crippen LogP contribution < -0.4 is 0 Å². The molecule has 0 aliphatic carbocycles. The SMILES string of the molecule is FC(F)(F)c1ccccc1-c1ccc2c(Cl)ccnc2c1. The summed E-state index contributed by atoms with van der Waals surface area (Å²) in [6.07, 6.45) is -2.86. The van der Waals surface area contributed by atoms with Crippen molar-refractivity contribution >= 4 is 22.5 Å². The molecule has 5 heteroatoms. The van der Waals surface area contributed by atoms with Gasteiger partial charge in [0.1, 0.15) is 0 Å². The standard InChI is InChI=1S/C16H9ClF3N/c17-14-7-8-21-15-9-10(5-6-12(14)15)11-3-1-2-4-13(11)16(18,19)20/h1-9H. The van der Waals surface area contributed by atoms with Crippen LogP contribution in [0.3, 0.4) is 0 Å². The fourth-order valence-corrected chi connectivity index (χ4v) is 2.48. The van der Waals surface area contributed by atoms with Crippen molar-refractivity contribution < 1.29 is 13.2 Å². The number of rotatable bonds is 1. The van der Waals surface area contributed by atoms with Gasteiger partial charge in [-0.05, 0) is 29.3 Å². The summed E-state index contributed by atoms with van der Waals surface area (Å²) in [5.74, 6) is 0. The largest absolute Gasteiger partial charge is 0.417 e. The molecule has 1 nitrogen and oxygen atoms in total. The van der Waals surface area contributed by atoms with E-state index in [1.807, 2.05) is 0 Å². The second-order valence-corrected chi connectivity index (χ2v) is 4.98. The number of hydrogen-bond donors (Lipinski definition) is 0. The first kappa shape index (κ1) is 13.9. The molecular formula is C16H9ClF3N. The van der Waals surface area contributed by atoms with E-state index >= 15 is 0 Å². The van der Waals surface area contributed by atoms with E-state index in [1.165, 1.54) is 18.3 Å². The van der Waals surface area contributed by atoms with Crippen LogP contribution in [0.15, 0.2) is 54.7 Å². The number of pyridine rings is 1. The second-order valence-electron chi connectivity index (χ2n) is 4.57. The predicted molar refractivity (Wildman–Crippen MR) is 77.2 cm³/mol. The molecule has 21 heavy (non-hydrogen) atoms. The van der Waals surface area contributed by atoms with E-state index in [0.717, 1.165) is 6.07 Å². The van der Waals surface area contributed by atoms with Crippen LogP contribution in [0, 0.1) is 0 Å². The normalized spacial score (nSPS) is 11.8. The summed E-state index contributed by atoms with van der Waals surface area (Å²) in [5.41, 5.74) is 0.502. The van der Waals surface area contributed by atoms with Crippen molar-refractivity contribution in [1.29, 1.82) is 0 Å². The van der Waals surface area contributed by atoms with Gasteiger partial charge in [0, 0.05) is 11.6 Å². The summed E-state index contributed by atoms with van der Waals surface area (Å²) in [7, 11) is 0. The maximum absolute atomic E-state index is 13.1. The van der Waals surface area contributed by atoms with Gasteiger partial charge >= 0.3 is 6.18 Å². The molecule has 0 spiro atoms. The minimum Gasteiger partial charge on any atom is -0.256 e. The molecule has 0 fully saturated rings. The average Bonchev–Trinajstić information content (AvgIpc) is 2.46. The number of hydrogen-bond acceptors (Lipinski definition) is 1. The first-order valence-electron chi connectivity index (χ1n) is 6.18. The lowest BCUT2D eigenvalue weighted by Crippen LogP contribution is -2.06. The molecule has 0 radical (unpaired) electrons. The topological polar surface area (TPSA) is 12.9 Å². The van der Waals surface area contributed by atoms with Gasteiger partial charge in [-0.2, -0.15) is 13.2 Å². The van der Waals surface area contributed by atoms with Crippen molar-refractivity contribution in [2.45, 2.75) is 6.18 Å². The molecule has 0 saturated heterocycles. The van der Waals surface area contributed by atoms with E-state index in [4.69, 9.17) is 11.6 Å². The maximum atomic E-state index is 13.1. The van der Waals surface area contributed by atoms with Crippen molar-refractivity contribution in [2.24, 2.45) is 0 Å². The minimum absolute atomic E-state index is 0.133. The molecule has 1 aromatic heterocycles. The van der Waals surface area contributed by atoms with Crippen LogP contribution in [0.25, 0.3) is 22.0 Å². The Morgan fingerprint density at radius 3 is 2.48 bits per heavy atom. The van der Waals surface area contributed by atoms with E-state index in [2.05, 4.69) is 4.98 Å². The minimum atomic E-state index is -4.40. The zero-order valence-electron chi connectivity index (χ0n) is 10.7. The van der Waals surface area contributed by atoms with E-state index in [1.54, 1.807) is 30.3 Å². The monoisotopic (exact) mass is 307 g/mol. The smallest absolute Gasteiger partial charge is 0.256 e. The molecule has 0 bridgehead atoms. The molecule has 106 valence electrons. The summed E-state index contributed by atoms with van der Waals surface area (Å²) in [6, 6.07) is 12.1. The highest BCUT2D eigenvalue weighted by Gasteiger charge is 2.33. The Hall–Kier alpha value is -2.07. The van der Waals surface area contributed by atoms with Gasteiger partial charge in [-0.1, -0.05) is 41.9 Å². The molecule has 0 saturated carbocycles. The van der Waals surface area contributed by atoms with Crippen LogP contribution >= 0.6 is 11.6 Å². The number of halogens is 4. The first-order chi connectivity index (χ1) is 9.97. The number of fused-ring (bicyclic) bond motifs is 1. The van der Waals surface area contributed by atoms with Crippen molar-refractivity contribution in [3.8, 4) is 11.1 Å². The third-order valence-corrected chi connectivity index (χ3v) is 3.56. The molecule has 3 rings (SSSR count). The summed E-state index contributed by atoms with van der Waals surface area (Å²) in [6.45, 7) is 0. The molecule has 2 aromatic carbocycles. The number of nitrogens with zero attached hydrogens (tertiary/aromatic N) is 1. The lowest BCUT2D eigenvalue weighted by molar-refractivity contribution is -0.137. The van der Waals surface area contributed by atoms with Crippen molar-refractivity contribution in [2.75, 3.05) is 0 Å². The van der Waals surface area contributed by atoms with Crippen LogP contribution in [0.4, 0.5) is 13.2 Å². The van der Waals surface area contributed by atoms with E-state index in [0.29, 0.717) is 21.5 Å². The van der Waals surface area contributed by atoms with Gasteiger partial charge in [0.05, 0.1) is 16.1 Å². The third kappa shape index (κ3) is 2.59. The van der Waals surface area contributed by atoms with Gasteiger partial charge in [-0.15, -0.1) is 0 Å². The van der Waals surface area contributed by atoms with Gasteiger partial charge in [-0.25, -0.2) is 0 Å². The Morgan fingerprint density at radius 2 is 1.71 bits per heavy atom. The molecule has 0 aliphatic heterocycles. The fourth-order valence-electron chi connectivity index (χ4n) is 2.26. The van der Waals surface area contributed by atoms with Crippen molar-refractivity contribution in [3.63, 3.8) is 0 Å². The fraction of sp³-hybridized carbons (Fsp3) is 0.0625. The number of benzene rings is 2. The van der Waals surface area contributed by atoms with Crippen LogP contribution in [0.1, 0.15) is 5.56 Å². The molecular weight excluding hydrogens is 299 g/mol. The van der Waals surface area contributed by atoms with E-state index in [9.17, 15) is 13.2 Å².